The van der Waals surface area contributed by atoms with Crippen molar-refractivity contribution in [3.8, 4) is 0 Å². The molecule has 98 valence electrons. The number of likely N-dealkylation sites (N-methyl/N-ethyl adjacent to an activating group) is 1. The van der Waals surface area contributed by atoms with Crippen LogP contribution in [0.1, 0.15) is 11.1 Å². The van der Waals surface area contributed by atoms with Crippen LogP contribution >= 0.6 is 0 Å². The van der Waals surface area contributed by atoms with Crippen molar-refractivity contribution in [1.29, 1.82) is 0 Å². The molecule has 0 unspecified atom stereocenters. The maximum absolute atomic E-state index is 11.3. The fourth-order valence-electron chi connectivity index (χ4n) is 1.32. The topological polar surface area (TPSA) is 91.0 Å². The third-order valence-corrected chi connectivity index (χ3v) is 2.46. The van der Waals surface area contributed by atoms with Crippen LogP contribution in [0, 0.1) is 0 Å². The summed E-state index contributed by atoms with van der Waals surface area (Å²) >= 11 is 0. The molecule has 0 aromatic heterocycles. The van der Waals surface area contributed by atoms with E-state index >= 15 is 0 Å². The molecule has 18 heavy (non-hydrogen) atoms. The van der Waals surface area contributed by atoms with Crippen LogP contribution in [-0.4, -0.2) is 42.5 Å². The quantitative estimate of drug-likeness (QED) is 0.296. The molecule has 6 nitrogen and oxygen atoms in total. The molecule has 4 N–H and O–H groups in total. The highest BCUT2D eigenvalue weighted by molar-refractivity contribution is 5.96. The van der Waals surface area contributed by atoms with Gasteiger partial charge in [-0.1, -0.05) is 29.4 Å². The first kappa shape index (κ1) is 14.0. The summed E-state index contributed by atoms with van der Waals surface area (Å²) in [6.45, 7) is 0.894. The van der Waals surface area contributed by atoms with E-state index in [1.54, 1.807) is 26.2 Å². The summed E-state index contributed by atoms with van der Waals surface area (Å²) in [6.07, 6.45) is 0. The molecule has 0 atom stereocenters. The lowest BCUT2D eigenvalue weighted by molar-refractivity contribution is -0.127. The zero-order chi connectivity index (χ0) is 13.5. The number of carbonyl (C=O) groups is 1. The second-order valence-electron chi connectivity index (χ2n) is 4.07. The van der Waals surface area contributed by atoms with Crippen LogP contribution < -0.4 is 11.1 Å². The maximum atomic E-state index is 11.3. The summed E-state index contributed by atoms with van der Waals surface area (Å²) in [6, 6.07) is 7.25. The van der Waals surface area contributed by atoms with Gasteiger partial charge in [-0.15, -0.1) is 0 Å². The van der Waals surface area contributed by atoms with Crippen LogP contribution in [0.3, 0.4) is 0 Å². The van der Waals surface area contributed by atoms with Crippen LogP contribution in [0.25, 0.3) is 0 Å². The molecular formula is C12H18N4O2. The van der Waals surface area contributed by atoms with E-state index in [-0.39, 0.29) is 11.7 Å². The van der Waals surface area contributed by atoms with E-state index in [0.29, 0.717) is 18.7 Å². The van der Waals surface area contributed by atoms with Crippen molar-refractivity contribution >= 4 is 11.7 Å². The molecule has 1 aromatic carbocycles. The zero-order valence-corrected chi connectivity index (χ0v) is 10.6. The van der Waals surface area contributed by atoms with E-state index in [9.17, 15) is 4.79 Å². The van der Waals surface area contributed by atoms with Gasteiger partial charge in [0.25, 0.3) is 0 Å². The molecular weight excluding hydrogens is 232 g/mol. The third-order valence-electron chi connectivity index (χ3n) is 2.46. The Morgan fingerprint density at radius 2 is 2.00 bits per heavy atom. The zero-order valence-electron chi connectivity index (χ0n) is 10.6. The summed E-state index contributed by atoms with van der Waals surface area (Å²) in [4.78, 5) is 12.9. The Labute approximate surface area is 106 Å². The van der Waals surface area contributed by atoms with Gasteiger partial charge < -0.3 is 21.2 Å². The largest absolute Gasteiger partial charge is 0.409 e. The highest BCUT2D eigenvalue weighted by Gasteiger charge is 2.03. The number of amides is 1. The summed E-state index contributed by atoms with van der Waals surface area (Å²) in [5.74, 6) is 0.112. The summed E-state index contributed by atoms with van der Waals surface area (Å²) < 4.78 is 0. The summed E-state index contributed by atoms with van der Waals surface area (Å²) in [7, 11) is 3.44. The fourth-order valence-corrected chi connectivity index (χ4v) is 1.32. The van der Waals surface area contributed by atoms with E-state index in [1.807, 2.05) is 12.1 Å². The smallest absolute Gasteiger partial charge is 0.236 e. The standard InChI is InChI=1S/C12H18N4O2/c1-16(2)11(17)8-14-7-9-3-5-10(6-4-9)12(13)15-18/h3-6,14,18H,7-8H2,1-2H3,(H2,13,15). The normalized spacial score (nSPS) is 11.3. The number of hydrogen-bond donors (Lipinski definition) is 3. The van der Waals surface area contributed by atoms with Crippen LogP contribution in [-0.2, 0) is 11.3 Å². The Morgan fingerprint density at radius 3 is 2.50 bits per heavy atom. The molecule has 1 rings (SSSR count). The summed E-state index contributed by atoms with van der Waals surface area (Å²) in [5.41, 5.74) is 7.13. The fraction of sp³-hybridized carbons (Fsp3) is 0.333. The van der Waals surface area contributed by atoms with Crippen molar-refractivity contribution in [2.24, 2.45) is 10.9 Å². The van der Waals surface area contributed by atoms with Gasteiger partial charge in [0, 0.05) is 26.2 Å². The maximum Gasteiger partial charge on any atom is 0.236 e. The monoisotopic (exact) mass is 250 g/mol. The molecule has 0 aliphatic carbocycles. The molecule has 6 heteroatoms. The molecule has 0 heterocycles. The molecule has 0 aliphatic rings. The number of nitrogens with two attached hydrogens (primary N) is 1. The second kappa shape index (κ2) is 6.61. The van der Waals surface area contributed by atoms with Crippen LogP contribution in [0.5, 0.6) is 0 Å². The van der Waals surface area contributed by atoms with Crippen molar-refractivity contribution in [2.45, 2.75) is 6.54 Å². The Bertz CT molecular complexity index is 426. The average Bonchev–Trinajstić information content (AvgIpc) is 2.38. The Hall–Kier alpha value is -2.08. The predicted molar refractivity (Wildman–Crippen MR) is 69.4 cm³/mol. The molecule has 0 fully saturated rings. The van der Waals surface area contributed by atoms with E-state index in [1.165, 1.54) is 4.90 Å². The summed E-state index contributed by atoms with van der Waals surface area (Å²) in [5, 5.41) is 14.5. The van der Waals surface area contributed by atoms with Gasteiger partial charge >= 0.3 is 0 Å². The van der Waals surface area contributed by atoms with Crippen molar-refractivity contribution in [3.63, 3.8) is 0 Å². The number of nitrogens with zero attached hydrogens (tertiary/aromatic N) is 2. The van der Waals surface area contributed by atoms with Gasteiger partial charge in [-0.25, -0.2) is 0 Å². The van der Waals surface area contributed by atoms with Crippen LogP contribution in [0.2, 0.25) is 0 Å². The number of rotatable bonds is 5. The Kier molecular flexibility index (Phi) is 5.13. The van der Waals surface area contributed by atoms with E-state index in [0.717, 1.165) is 5.56 Å². The number of benzene rings is 1. The van der Waals surface area contributed by atoms with Gasteiger partial charge in [-0.3, -0.25) is 4.79 Å². The predicted octanol–water partition coefficient (Wildman–Crippen LogP) is -0.0411. The first-order valence-corrected chi connectivity index (χ1v) is 5.52. The minimum absolute atomic E-state index is 0.0308. The van der Waals surface area contributed by atoms with Crippen LogP contribution in [0.4, 0.5) is 0 Å². The van der Waals surface area contributed by atoms with Crippen molar-refractivity contribution < 1.29 is 10.0 Å². The van der Waals surface area contributed by atoms with Crippen LogP contribution in [0.15, 0.2) is 29.4 Å². The lowest BCUT2D eigenvalue weighted by Crippen LogP contribution is -2.32. The number of amidine groups is 1. The minimum atomic E-state index is 0.0308. The van der Waals surface area contributed by atoms with Crippen molar-refractivity contribution in [3.05, 3.63) is 35.4 Å². The molecule has 0 saturated carbocycles. The van der Waals surface area contributed by atoms with Gasteiger partial charge in [-0.2, -0.15) is 0 Å². The second-order valence-corrected chi connectivity index (χ2v) is 4.07. The Balaban J connectivity index is 2.47. The molecule has 0 radical (unpaired) electrons. The van der Waals surface area contributed by atoms with Crippen molar-refractivity contribution in [2.75, 3.05) is 20.6 Å². The first-order valence-electron chi connectivity index (χ1n) is 5.52. The number of nitrogens with one attached hydrogen (secondary N) is 1. The van der Waals surface area contributed by atoms with Crippen molar-refractivity contribution in [1.82, 2.24) is 10.2 Å². The molecule has 0 spiro atoms. The number of carbonyl (C=O) groups excluding carboxylic acids is 1. The van der Waals surface area contributed by atoms with E-state index in [2.05, 4.69) is 10.5 Å². The highest BCUT2D eigenvalue weighted by Crippen LogP contribution is 2.03. The van der Waals surface area contributed by atoms with Gasteiger partial charge in [-0.05, 0) is 5.56 Å². The first-order chi connectivity index (χ1) is 8.54. The molecule has 0 saturated heterocycles. The average molecular weight is 250 g/mol. The minimum Gasteiger partial charge on any atom is -0.409 e. The van der Waals surface area contributed by atoms with Gasteiger partial charge in [0.05, 0.1) is 6.54 Å². The SMILES string of the molecule is CN(C)C(=O)CNCc1ccc(/C(N)=N/O)cc1. The number of oxime groups is 1. The molecule has 0 bridgehead atoms. The lowest BCUT2D eigenvalue weighted by atomic mass is 10.1. The molecule has 0 aliphatic heterocycles. The van der Waals surface area contributed by atoms with E-state index in [4.69, 9.17) is 10.9 Å². The number of hydrogen-bond acceptors (Lipinski definition) is 4. The van der Waals surface area contributed by atoms with Gasteiger partial charge in [0.2, 0.25) is 5.91 Å². The van der Waals surface area contributed by atoms with Gasteiger partial charge in [0.1, 0.15) is 0 Å². The molecule has 1 aromatic rings. The van der Waals surface area contributed by atoms with Gasteiger partial charge in [0.15, 0.2) is 5.84 Å². The molecule has 1 amide bonds. The Morgan fingerprint density at radius 1 is 1.39 bits per heavy atom. The lowest BCUT2D eigenvalue weighted by Gasteiger charge is -2.11. The highest BCUT2D eigenvalue weighted by atomic mass is 16.4. The third kappa shape index (κ3) is 4.06. The van der Waals surface area contributed by atoms with E-state index < -0.39 is 0 Å².